The highest BCUT2D eigenvalue weighted by Crippen LogP contribution is 2.29. The lowest BCUT2D eigenvalue weighted by Crippen LogP contribution is -2.25. The van der Waals surface area contributed by atoms with Gasteiger partial charge in [-0.1, -0.05) is 42.5 Å². The number of nitrogens with one attached hydrogen (secondary N) is 2. The van der Waals surface area contributed by atoms with Crippen LogP contribution in [0.2, 0.25) is 10.0 Å². The second-order valence-corrected chi connectivity index (χ2v) is 9.10. The van der Waals surface area contributed by atoms with Crippen LogP contribution in [0.3, 0.4) is 0 Å². The van der Waals surface area contributed by atoms with E-state index in [-0.39, 0.29) is 16.7 Å². The van der Waals surface area contributed by atoms with Crippen LogP contribution in [0.1, 0.15) is 32.1 Å². The zero-order chi connectivity index (χ0) is 19.4. The fraction of sp³-hybridized carbons (Fsp3) is 0.316. The summed E-state index contributed by atoms with van der Waals surface area (Å²) < 4.78 is 27.8. The largest absolute Gasteiger partial charge is 0.324 e. The average Bonchev–Trinajstić information content (AvgIpc) is 2.66. The van der Waals surface area contributed by atoms with Crippen molar-refractivity contribution in [1.29, 1.82) is 0 Å². The fourth-order valence-corrected chi connectivity index (χ4v) is 4.47. The van der Waals surface area contributed by atoms with Crippen molar-refractivity contribution in [3.63, 3.8) is 0 Å². The summed E-state index contributed by atoms with van der Waals surface area (Å²) in [4.78, 5) is 12.5. The highest BCUT2D eigenvalue weighted by Gasteiger charge is 2.23. The lowest BCUT2D eigenvalue weighted by Gasteiger charge is -2.21. The molecule has 2 N–H and O–H groups in total. The molecule has 0 unspecified atom stereocenters. The van der Waals surface area contributed by atoms with Gasteiger partial charge in [-0.2, -0.15) is 0 Å². The summed E-state index contributed by atoms with van der Waals surface area (Å²) in [6.07, 6.45) is 4.91. The molecule has 3 rings (SSSR count). The van der Waals surface area contributed by atoms with Gasteiger partial charge in [-0.15, -0.1) is 0 Å². The van der Waals surface area contributed by atoms with Gasteiger partial charge >= 0.3 is 0 Å². The van der Waals surface area contributed by atoms with Crippen molar-refractivity contribution in [3.05, 3.63) is 52.5 Å². The van der Waals surface area contributed by atoms with Gasteiger partial charge in [0.2, 0.25) is 5.91 Å². The number of carbonyl (C=O) groups excluding carboxylic acids is 1. The summed E-state index contributed by atoms with van der Waals surface area (Å²) in [5.41, 5.74) is 0.688. The van der Waals surface area contributed by atoms with Crippen LogP contribution in [0.25, 0.3) is 0 Å². The number of hydrogen-bond donors (Lipinski definition) is 2. The smallest absolute Gasteiger partial charge is 0.261 e. The summed E-state index contributed by atoms with van der Waals surface area (Å²) in [6.45, 7) is 0. The number of anilines is 2. The number of amides is 1. The molecule has 0 aliphatic heterocycles. The van der Waals surface area contributed by atoms with E-state index in [2.05, 4.69) is 10.0 Å². The zero-order valence-electron chi connectivity index (χ0n) is 14.5. The number of rotatable bonds is 5. The first-order chi connectivity index (χ1) is 12.8. The summed E-state index contributed by atoms with van der Waals surface area (Å²) >= 11 is 12.0. The molecule has 0 bridgehead atoms. The minimum atomic E-state index is -3.83. The highest BCUT2D eigenvalue weighted by atomic mass is 35.5. The molecular formula is C19H20Cl2N2O3S. The predicted octanol–water partition coefficient (Wildman–Crippen LogP) is 5.31. The van der Waals surface area contributed by atoms with Crippen LogP contribution in [0, 0.1) is 5.92 Å². The normalized spacial score (nSPS) is 15.3. The number of carbonyl (C=O) groups is 1. The van der Waals surface area contributed by atoms with Gasteiger partial charge in [0, 0.05) is 16.6 Å². The Kier molecular flexibility index (Phi) is 6.29. The maximum absolute atomic E-state index is 12.6. The summed E-state index contributed by atoms with van der Waals surface area (Å²) in [5.74, 6) is -0.168. The molecule has 8 heteroatoms. The molecule has 0 radical (unpaired) electrons. The molecule has 2 aromatic carbocycles. The van der Waals surface area contributed by atoms with E-state index in [0.29, 0.717) is 21.4 Å². The van der Waals surface area contributed by atoms with Crippen LogP contribution in [0.5, 0.6) is 0 Å². The van der Waals surface area contributed by atoms with Gasteiger partial charge in [-0.05, 0) is 55.3 Å². The fourth-order valence-electron chi connectivity index (χ4n) is 3.10. The van der Waals surface area contributed by atoms with Crippen molar-refractivity contribution in [2.24, 2.45) is 5.92 Å². The molecule has 1 amide bonds. The lowest BCUT2D eigenvalue weighted by molar-refractivity contribution is -0.120. The van der Waals surface area contributed by atoms with E-state index in [1.54, 1.807) is 24.3 Å². The number of halogens is 2. The Morgan fingerprint density at radius 3 is 2.30 bits per heavy atom. The van der Waals surface area contributed by atoms with E-state index in [0.717, 1.165) is 32.1 Å². The molecule has 0 spiro atoms. The lowest BCUT2D eigenvalue weighted by atomic mass is 9.88. The highest BCUT2D eigenvalue weighted by molar-refractivity contribution is 7.92. The minimum Gasteiger partial charge on any atom is -0.324 e. The van der Waals surface area contributed by atoms with E-state index in [9.17, 15) is 13.2 Å². The molecule has 1 saturated carbocycles. The Hall–Kier alpha value is -1.76. The predicted molar refractivity (Wildman–Crippen MR) is 109 cm³/mol. The maximum Gasteiger partial charge on any atom is 0.261 e. The van der Waals surface area contributed by atoms with Crippen LogP contribution in [-0.4, -0.2) is 14.3 Å². The molecule has 1 aliphatic rings. The van der Waals surface area contributed by atoms with Crippen molar-refractivity contribution in [3.8, 4) is 0 Å². The number of sulfonamides is 1. The second kappa shape index (κ2) is 8.50. The summed E-state index contributed by atoms with van der Waals surface area (Å²) in [6, 6.07) is 10.6. The first kappa shape index (κ1) is 20.0. The molecular weight excluding hydrogens is 407 g/mol. The van der Waals surface area contributed by atoms with Gasteiger partial charge in [0.25, 0.3) is 10.0 Å². The standard InChI is InChI=1S/C19H20Cl2N2O3S/c20-14-6-8-15(9-7-14)23-27(25,26)16-10-11-17(21)18(12-16)22-19(24)13-4-2-1-3-5-13/h6-13,23H,1-5H2,(H,22,24). The molecule has 0 heterocycles. The van der Waals surface area contributed by atoms with Crippen molar-refractivity contribution >= 4 is 50.5 Å². The van der Waals surface area contributed by atoms with E-state index in [4.69, 9.17) is 23.2 Å². The van der Waals surface area contributed by atoms with Crippen molar-refractivity contribution in [1.82, 2.24) is 0 Å². The Morgan fingerprint density at radius 1 is 0.963 bits per heavy atom. The topological polar surface area (TPSA) is 75.3 Å². The van der Waals surface area contributed by atoms with Gasteiger partial charge in [0.15, 0.2) is 0 Å². The van der Waals surface area contributed by atoms with Crippen molar-refractivity contribution in [2.75, 3.05) is 10.0 Å². The Balaban J connectivity index is 1.79. The van der Waals surface area contributed by atoms with Crippen molar-refractivity contribution < 1.29 is 13.2 Å². The molecule has 0 atom stereocenters. The third kappa shape index (κ3) is 5.15. The molecule has 1 fully saturated rings. The monoisotopic (exact) mass is 426 g/mol. The first-order valence-corrected chi connectivity index (χ1v) is 11.0. The van der Waals surface area contributed by atoms with Gasteiger partial charge in [-0.3, -0.25) is 9.52 Å². The van der Waals surface area contributed by atoms with Crippen LogP contribution >= 0.6 is 23.2 Å². The Labute approximate surface area is 169 Å². The van der Waals surface area contributed by atoms with Crippen LogP contribution < -0.4 is 10.0 Å². The number of hydrogen-bond acceptors (Lipinski definition) is 3. The second-order valence-electron chi connectivity index (χ2n) is 6.58. The summed E-state index contributed by atoms with van der Waals surface area (Å²) in [7, 11) is -3.83. The van der Waals surface area contributed by atoms with E-state index in [1.165, 1.54) is 18.2 Å². The molecule has 27 heavy (non-hydrogen) atoms. The zero-order valence-corrected chi connectivity index (χ0v) is 16.9. The van der Waals surface area contributed by atoms with E-state index >= 15 is 0 Å². The van der Waals surface area contributed by atoms with Crippen LogP contribution in [0.4, 0.5) is 11.4 Å². The first-order valence-electron chi connectivity index (χ1n) is 8.74. The van der Waals surface area contributed by atoms with Gasteiger partial charge < -0.3 is 5.32 Å². The van der Waals surface area contributed by atoms with Crippen LogP contribution in [-0.2, 0) is 14.8 Å². The number of benzene rings is 2. The quantitative estimate of drug-likeness (QED) is 0.679. The van der Waals surface area contributed by atoms with Gasteiger partial charge in [-0.25, -0.2) is 8.42 Å². The molecule has 0 saturated heterocycles. The molecule has 2 aromatic rings. The van der Waals surface area contributed by atoms with Gasteiger partial charge in [0.05, 0.1) is 15.6 Å². The molecule has 144 valence electrons. The van der Waals surface area contributed by atoms with Gasteiger partial charge in [0.1, 0.15) is 0 Å². The minimum absolute atomic E-state index is 0.0146. The Morgan fingerprint density at radius 2 is 1.63 bits per heavy atom. The molecule has 5 nitrogen and oxygen atoms in total. The third-order valence-corrected chi connectivity index (χ3v) is 6.54. The molecule has 1 aliphatic carbocycles. The van der Waals surface area contributed by atoms with Crippen molar-refractivity contribution in [2.45, 2.75) is 37.0 Å². The van der Waals surface area contributed by atoms with E-state index in [1.807, 2.05) is 0 Å². The maximum atomic E-state index is 12.6. The third-order valence-electron chi connectivity index (χ3n) is 4.58. The SMILES string of the molecule is O=C(Nc1cc(S(=O)(=O)Nc2ccc(Cl)cc2)ccc1Cl)C1CCCCC1. The van der Waals surface area contributed by atoms with Crippen LogP contribution in [0.15, 0.2) is 47.4 Å². The molecule has 0 aromatic heterocycles. The van der Waals surface area contributed by atoms with E-state index < -0.39 is 10.0 Å². The summed E-state index contributed by atoms with van der Waals surface area (Å²) in [5, 5.41) is 3.59. The Bertz CT molecular complexity index is 924. The average molecular weight is 427 g/mol.